The van der Waals surface area contributed by atoms with Gasteiger partial charge < -0.3 is 15.7 Å². The van der Waals surface area contributed by atoms with Crippen LogP contribution in [0.1, 0.15) is 54.4 Å². The van der Waals surface area contributed by atoms with E-state index in [1.165, 1.54) is 6.42 Å². The Kier molecular flexibility index (Phi) is 6.78. The topological polar surface area (TPSA) is 95.5 Å². The molecule has 0 atom stereocenters. The van der Waals surface area contributed by atoms with Crippen LogP contribution in [0.2, 0.25) is 0 Å². The van der Waals surface area contributed by atoms with Crippen molar-refractivity contribution in [3.63, 3.8) is 0 Å². The number of aliphatic carboxylic acids is 1. The zero-order chi connectivity index (χ0) is 17.4. The van der Waals surface area contributed by atoms with Crippen molar-refractivity contribution in [2.75, 3.05) is 6.54 Å². The fourth-order valence-electron chi connectivity index (χ4n) is 2.86. The minimum atomic E-state index is -0.945. The first-order valence-electron chi connectivity index (χ1n) is 8.43. The van der Waals surface area contributed by atoms with Gasteiger partial charge >= 0.3 is 5.97 Å². The fraction of sp³-hybridized carbons (Fsp3) is 0.500. The van der Waals surface area contributed by atoms with Crippen LogP contribution in [0.25, 0.3) is 0 Å². The molecule has 0 saturated heterocycles. The van der Waals surface area contributed by atoms with Crippen molar-refractivity contribution in [3.8, 4) is 0 Å². The van der Waals surface area contributed by atoms with Crippen LogP contribution in [-0.2, 0) is 16.1 Å². The minimum Gasteiger partial charge on any atom is -0.481 e. The van der Waals surface area contributed by atoms with Crippen molar-refractivity contribution in [2.24, 2.45) is 5.92 Å². The number of carboxylic acid groups (broad SMARTS) is 1. The molecule has 0 unspecified atom stereocenters. The number of nitrogens with one attached hydrogen (secondary N) is 2. The lowest BCUT2D eigenvalue weighted by Crippen LogP contribution is -2.31. The maximum Gasteiger partial charge on any atom is 0.305 e. The summed E-state index contributed by atoms with van der Waals surface area (Å²) < 4.78 is 0. The van der Waals surface area contributed by atoms with E-state index in [1.54, 1.807) is 24.3 Å². The third-order valence-corrected chi connectivity index (χ3v) is 4.28. The normalized spacial score (nSPS) is 14.8. The Bertz CT molecular complexity index is 577. The minimum absolute atomic E-state index is 0.100. The smallest absolute Gasteiger partial charge is 0.305 e. The van der Waals surface area contributed by atoms with E-state index in [9.17, 15) is 14.4 Å². The van der Waals surface area contributed by atoms with Crippen LogP contribution in [0.15, 0.2) is 24.3 Å². The van der Waals surface area contributed by atoms with Crippen LogP contribution in [0.4, 0.5) is 0 Å². The first-order chi connectivity index (χ1) is 11.6. The Morgan fingerprint density at radius 1 is 1.00 bits per heavy atom. The number of rotatable bonds is 7. The zero-order valence-electron chi connectivity index (χ0n) is 13.7. The first-order valence-corrected chi connectivity index (χ1v) is 8.43. The molecule has 0 heterocycles. The molecule has 0 radical (unpaired) electrons. The molecule has 1 aromatic carbocycles. The first kappa shape index (κ1) is 18.0. The molecule has 1 aliphatic rings. The highest BCUT2D eigenvalue weighted by molar-refractivity contribution is 5.94. The summed E-state index contributed by atoms with van der Waals surface area (Å²) in [5.74, 6) is -0.989. The zero-order valence-corrected chi connectivity index (χ0v) is 13.7. The maximum atomic E-state index is 12.1. The lowest BCUT2D eigenvalue weighted by Gasteiger charge is -2.20. The van der Waals surface area contributed by atoms with E-state index < -0.39 is 5.97 Å². The second kappa shape index (κ2) is 9.05. The van der Waals surface area contributed by atoms with Gasteiger partial charge in [-0.05, 0) is 30.5 Å². The number of benzene rings is 1. The van der Waals surface area contributed by atoms with Crippen LogP contribution in [0.3, 0.4) is 0 Å². The quantitative estimate of drug-likeness (QED) is 0.712. The average molecular weight is 332 g/mol. The summed E-state index contributed by atoms with van der Waals surface area (Å²) in [5.41, 5.74) is 1.41. The van der Waals surface area contributed by atoms with Crippen molar-refractivity contribution in [1.29, 1.82) is 0 Å². The van der Waals surface area contributed by atoms with Gasteiger partial charge in [0.05, 0.1) is 6.42 Å². The van der Waals surface area contributed by atoms with E-state index in [1.807, 2.05) is 0 Å². The number of carboxylic acids is 1. The Balaban J connectivity index is 1.77. The van der Waals surface area contributed by atoms with Gasteiger partial charge in [-0.3, -0.25) is 14.4 Å². The van der Waals surface area contributed by atoms with E-state index in [-0.39, 0.29) is 30.7 Å². The van der Waals surface area contributed by atoms with Gasteiger partial charge in [0.15, 0.2) is 0 Å². The molecule has 0 spiro atoms. The largest absolute Gasteiger partial charge is 0.481 e. The van der Waals surface area contributed by atoms with Crippen LogP contribution in [0.5, 0.6) is 0 Å². The summed E-state index contributed by atoms with van der Waals surface area (Å²) >= 11 is 0. The van der Waals surface area contributed by atoms with Gasteiger partial charge in [-0.2, -0.15) is 0 Å². The molecule has 1 saturated carbocycles. The molecule has 24 heavy (non-hydrogen) atoms. The number of hydrogen-bond donors (Lipinski definition) is 3. The highest BCUT2D eigenvalue weighted by Crippen LogP contribution is 2.23. The molecule has 6 nitrogen and oxygen atoms in total. The predicted molar refractivity (Wildman–Crippen MR) is 89.4 cm³/mol. The molecule has 1 aliphatic carbocycles. The van der Waals surface area contributed by atoms with E-state index in [0.717, 1.165) is 31.2 Å². The number of carbonyl (C=O) groups is 3. The molecule has 2 rings (SSSR count). The molecular weight excluding hydrogens is 308 g/mol. The molecule has 2 amide bonds. The molecule has 3 N–H and O–H groups in total. The van der Waals surface area contributed by atoms with Gasteiger partial charge in [-0.25, -0.2) is 0 Å². The lowest BCUT2D eigenvalue weighted by molar-refractivity contribution is -0.136. The van der Waals surface area contributed by atoms with Crippen LogP contribution in [-0.4, -0.2) is 29.4 Å². The molecule has 0 bridgehead atoms. The van der Waals surface area contributed by atoms with Gasteiger partial charge in [0, 0.05) is 24.6 Å². The maximum absolute atomic E-state index is 12.1. The van der Waals surface area contributed by atoms with Crippen molar-refractivity contribution >= 4 is 17.8 Å². The summed E-state index contributed by atoms with van der Waals surface area (Å²) in [5, 5.41) is 14.1. The SMILES string of the molecule is O=C(O)CCNC(=O)c1ccc(CNC(=O)C2CCCCC2)cc1. The average Bonchev–Trinajstić information content (AvgIpc) is 2.60. The second-order valence-electron chi connectivity index (χ2n) is 6.15. The van der Waals surface area contributed by atoms with E-state index >= 15 is 0 Å². The Morgan fingerprint density at radius 2 is 1.67 bits per heavy atom. The fourth-order valence-corrected chi connectivity index (χ4v) is 2.86. The van der Waals surface area contributed by atoms with Crippen molar-refractivity contribution in [2.45, 2.75) is 45.1 Å². The Labute approximate surface area is 141 Å². The molecule has 6 heteroatoms. The van der Waals surface area contributed by atoms with E-state index in [2.05, 4.69) is 10.6 Å². The molecule has 0 aliphatic heterocycles. The standard InChI is InChI=1S/C18H24N2O4/c21-16(22)10-11-19-17(23)15-8-6-13(7-9-15)12-20-18(24)14-4-2-1-3-5-14/h6-9,14H,1-5,10-12H2,(H,19,23)(H,20,24)(H,21,22). The Hall–Kier alpha value is -2.37. The van der Waals surface area contributed by atoms with Crippen LogP contribution < -0.4 is 10.6 Å². The lowest BCUT2D eigenvalue weighted by atomic mass is 9.88. The number of carbonyl (C=O) groups excluding carboxylic acids is 2. The summed E-state index contributed by atoms with van der Waals surface area (Å²) in [6, 6.07) is 6.96. The number of hydrogen-bond acceptors (Lipinski definition) is 3. The van der Waals surface area contributed by atoms with Gasteiger partial charge in [0.1, 0.15) is 0 Å². The Morgan fingerprint density at radius 3 is 2.29 bits per heavy atom. The summed E-state index contributed by atoms with van der Waals surface area (Å²) in [6.07, 6.45) is 5.33. The highest BCUT2D eigenvalue weighted by atomic mass is 16.4. The second-order valence-corrected chi connectivity index (χ2v) is 6.15. The molecule has 130 valence electrons. The highest BCUT2D eigenvalue weighted by Gasteiger charge is 2.20. The van der Waals surface area contributed by atoms with Crippen molar-refractivity contribution in [1.82, 2.24) is 10.6 Å². The van der Waals surface area contributed by atoms with Crippen molar-refractivity contribution in [3.05, 3.63) is 35.4 Å². The van der Waals surface area contributed by atoms with Gasteiger partial charge in [-0.1, -0.05) is 31.4 Å². The monoisotopic (exact) mass is 332 g/mol. The van der Waals surface area contributed by atoms with Crippen LogP contribution in [0, 0.1) is 5.92 Å². The van der Waals surface area contributed by atoms with E-state index in [4.69, 9.17) is 5.11 Å². The van der Waals surface area contributed by atoms with Gasteiger partial charge in [-0.15, -0.1) is 0 Å². The van der Waals surface area contributed by atoms with E-state index in [0.29, 0.717) is 12.1 Å². The molecule has 1 fully saturated rings. The molecule has 1 aromatic rings. The summed E-state index contributed by atoms with van der Waals surface area (Å²) in [7, 11) is 0. The van der Waals surface area contributed by atoms with Gasteiger partial charge in [0.25, 0.3) is 5.91 Å². The number of amides is 2. The van der Waals surface area contributed by atoms with Crippen molar-refractivity contribution < 1.29 is 19.5 Å². The molecular formula is C18H24N2O4. The third kappa shape index (κ3) is 5.68. The summed E-state index contributed by atoms with van der Waals surface area (Å²) in [6.45, 7) is 0.559. The predicted octanol–water partition coefficient (Wildman–Crippen LogP) is 2.09. The van der Waals surface area contributed by atoms with Gasteiger partial charge in [0.2, 0.25) is 5.91 Å². The van der Waals surface area contributed by atoms with Crippen LogP contribution >= 0.6 is 0 Å². The summed E-state index contributed by atoms with van der Waals surface area (Å²) in [4.78, 5) is 34.4. The third-order valence-electron chi connectivity index (χ3n) is 4.28. The molecule has 0 aromatic heterocycles.